The number of nitroso groups, excluding NO2 is 1. The summed E-state index contributed by atoms with van der Waals surface area (Å²) < 4.78 is 0. The van der Waals surface area contributed by atoms with E-state index in [1.54, 1.807) is 0 Å². The summed E-state index contributed by atoms with van der Waals surface area (Å²) in [5.74, 6) is 0. The van der Waals surface area contributed by atoms with Crippen molar-refractivity contribution in [3.63, 3.8) is 0 Å². The number of likely N-dealkylation sites (tertiary alicyclic amines) is 1. The first-order valence-electron chi connectivity index (χ1n) is 10.00. The van der Waals surface area contributed by atoms with Crippen LogP contribution < -0.4 is 5.32 Å². The molecular weight excluding hydrogens is 322 g/mol. The Labute approximate surface area is 158 Å². The number of benzene rings is 1. The molecule has 1 aliphatic heterocycles. The Morgan fingerprint density at radius 3 is 2.46 bits per heavy atom. The SMILES string of the molecule is CC.O=NCC1(NC2=CCCC=C2)CCN(CCc2ccccc2)CC1. The molecule has 0 saturated carbocycles. The quantitative estimate of drug-likeness (QED) is 0.722. The molecule has 0 bridgehead atoms. The van der Waals surface area contributed by atoms with Crippen molar-refractivity contribution in [2.45, 2.75) is 51.5 Å². The molecule has 0 spiro atoms. The van der Waals surface area contributed by atoms with Crippen LogP contribution in [0.15, 0.2) is 59.4 Å². The minimum atomic E-state index is -0.168. The predicted octanol–water partition coefficient (Wildman–Crippen LogP) is 4.68. The summed E-state index contributed by atoms with van der Waals surface area (Å²) >= 11 is 0. The van der Waals surface area contributed by atoms with E-state index >= 15 is 0 Å². The summed E-state index contributed by atoms with van der Waals surface area (Å²) in [6.07, 6.45) is 11.8. The summed E-state index contributed by atoms with van der Waals surface area (Å²) in [5.41, 5.74) is 2.38. The fourth-order valence-electron chi connectivity index (χ4n) is 3.60. The van der Waals surface area contributed by atoms with Gasteiger partial charge in [0, 0.05) is 25.3 Å². The number of rotatable bonds is 7. The normalized spacial score (nSPS) is 19.1. The van der Waals surface area contributed by atoms with Gasteiger partial charge < -0.3 is 10.2 Å². The summed E-state index contributed by atoms with van der Waals surface area (Å²) in [5, 5.41) is 6.85. The van der Waals surface area contributed by atoms with Crippen LogP contribution in [0.2, 0.25) is 0 Å². The third-order valence-corrected chi connectivity index (χ3v) is 5.14. The lowest BCUT2D eigenvalue weighted by Gasteiger charge is -2.42. The van der Waals surface area contributed by atoms with Gasteiger partial charge in [0.05, 0.1) is 5.54 Å². The standard InChI is InChI=1S/C20H27N3O.C2H6/c24-21-17-20(22-19-9-5-2-6-10-19)12-15-23(16-13-20)14-11-18-7-3-1-4-8-18;1-2/h1,3-5,7-10,22H,2,6,11-17H2;1-2H3. The molecular formula is C22H33N3O. The van der Waals surface area contributed by atoms with Crippen molar-refractivity contribution in [3.8, 4) is 0 Å². The van der Waals surface area contributed by atoms with Gasteiger partial charge in [0.25, 0.3) is 0 Å². The molecule has 2 aliphatic rings. The van der Waals surface area contributed by atoms with E-state index in [0.29, 0.717) is 6.54 Å². The topological polar surface area (TPSA) is 44.7 Å². The van der Waals surface area contributed by atoms with Crippen LogP contribution in [0.1, 0.15) is 45.1 Å². The highest BCUT2D eigenvalue weighted by molar-refractivity contribution is 5.23. The smallest absolute Gasteiger partial charge is 0.104 e. The zero-order valence-electron chi connectivity index (χ0n) is 16.3. The number of piperidine rings is 1. The molecule has 0 radical (unpaired) electrons. The first-order valence-corrected chi connectivity index (χ1v) is 10.00. The van der Waals surface area contributed by atoms with E-state index in [-0.39, 0.29) is 5.54 Å². The van der Waals surface area contributed by atoms with Crippen LogP contribution in [0.3, 0.4) is 0 Å². The maximum absolute atomic E-state index is 11.0. The van der Waals surface area contributed by atoms with Crippen molar-refractivity contribution in [1.29, 1.82) is 0 Å². The van der Waals surface area contributed by atoms with Gasteiger partial charge in [-0.2, -0.15) is 4.91 Å². The van der Waals surface area contributed by atoms with Crippen LogP contribution in [0.5, 0.6) is 0 Å². The Kier molecular flexibility index (Phi) is 8.56. The van der Waals surface area contributed by atoms with Crippen LogP contribution in [0, 0.1) is 4.91 Å². The number of allylic oxidation sites excluding steroid dienone is 3. The Balaban J connectivity index is 0.00000117. The lowest BCUT2D eigenvalue weighted by molar-refractivity contribution is 0.149. The fraction of sp³-hybridized carbons (Fsp3) is 0.545. The van der Waals surface area contributed by atoms with E-state index in [1.807, 2.05) is 13.8 Å². The van der Waals surface area contributed by atoms with Crippen molar-refractivity contribution >= 4 is 0 Å². The van der Waals surface area contributed by atoms with Gasteiger partial charge in [0.15, 0.2) is 0 Å². The first-order chi connectivity index (χ1) is 12.8. The van der Waals surface area contributed by atoms with Crippen LogP contribution in [-0.4, -0.2) is 36.6 Å². The lowest BCUT2D eigenvalue weighted by atomic mass is 9.86. The maximum atomic E-state index is 11.0. The number of hydrogen-bond acceptors (Lipinski definition) is 4. The van der Waals surface area contributed by atoms with Crippen molar-refractivity contribution in [3.05, 3.63) is 64.7 Å². The second-order valence-electron chi connectivity index (χ2n) is 6.91. The zero-order chi connectivity index (χ0) is 18.7. The average Bonchev–Trinajstić information content (AvgIpc) is 2.71. The van der Waals surface area contributed by atoms with Gasteiger partial charge in [-0.25, -0.2) is 0 Å². The first kappa shape index (κ1) is 20.4. The average molecular weight is 356 g/mol. The van der Waals surface area contributed by atoms with Crippen LogP contribution in [0.4, 0.5) is 0 Å². The molecule has 4 heteroatoms. The molecule has 0 amide bonds. The summed E-state index contributed by atoms with van der Waals surface area (Å²) in [7, 11) is 0. The van der Waals surface area contributed by atoms with Crippen molar-refractivity contribution in [2.24, 2.45) is 5.18 Å². The summed E-state index contributed by atoms with van der Waals surface area (Å²) in [4.78, 5) is 13.5. The molecule has 1 saturated heterocycles. The van der Waals surface area contributed by atoms with Crippen molar-refractivity contribution in [1.82, 2.24) is 10.2 Å². The molecule has 1 aromatic carbocycles. The number of nitrogens with one attached hydrogen (secondary N) is 1. The number of nitrogens with zero attached hydrogens (tertiary/aromatic N) is 2. The van der Waals surface area contributed by atoms with E-state index in [9.17, 15) is 4.91 Å². The van der Waals surface area contributed by atoms with Gasteiger partial charge in [-0.05, 0) is 43.7 Å². The molecule has 1 N–H and O–H groups in total. The third kappa shape index (κ3) is 6.10. The van der Waals surface area contributed by atoms with Crippen molar-refractivity contribution in [2.75, 3.05) is 26.2 Å². The largest absolute Gasteiger partial charge is 0.378 e. The van der Waals surface area contributed by atoms with Gasteiger partial charge >= 0.3 is 0 Å². The minimum absolute atomic E-state index is 0.168. The molecule has 26 heavy (non-hydrogen) atoms. The van der Waals surface area contributed by atoms with Gasteiger partial charge in [-0.1, -0.05) is 61.5 Å². The molecule has 0 aromatic heterocycles. The molecule has 1 heterocycles. The summed E-state index contributed by atoms with van der Waals surface area (Å²) in [6, 6.07) is 10.6. The lowest BCUT2D eigenvalue weighted by Crippen LogP contribution is -2.55. The van der Waals surface area contributed by atoms with Crippen LogP contribution in [0.25, 0.3) is 0 Å². The van der Waals surface area contributed by atoms with Crippen molar-refractivity contribution < 1.29 is 0 Å². The highest BCUT2D eigenvalue weighted by Gasteiger charge is 2.35. The van der Waals surface area contributed by atoms with Crippen LogP contribution >= 0.6 is 0 Å². The van der Waals surface area contributed by atoms with E-state index in [0.717, 1.165) is 57.4 Å². The van der Waals surface area contributed by atoms with Gasteiger partial charge in [-0.15, -0.1) is 0 Å². The van der Waals surface area contributed by atoms with Gasteiger partial charge in [0.1, 0.15) is 6.54 Å². The van der Waals surface area contributed by atoms with E-state index in [4.69, 9.17) is 0 Å². The molecule has 0 atom stereocenters. The molecule has 1 aromatic rings. The second-order valence-corrected chi connectivity index (χ2v) is 6.91. The molecule has 3 rings (SSSR count). The third-order valence-electron chi connectivity index (χ3n) is 5.14. The highest BCUT2D eigenvalue weighted by atomic mass is 16.3. The van der Waals surface area contributed by atoms with Gasteiger partial charge in [-0.3, -0.25) is 0 Å². The molecule has 4 nitrogen and oxygen atoms in total. The summed E-state index contributed by atoms with van der Waals surface area (Å²) in [6.45, 7) is 7.47. The molecule has 0 unspecified atom stereocenters. The minimum Gasteiger partial charge on any atom is -0.378 e. The van der Waals surface area contributed by atoms with E-state index in [2.05, 4.69) is 64.0 Å². The van der Waals surface area contributed by atoms with Crippen LogP contribution in [-0.2, 0) is 6.42 Å². The monoisotopic (exact) mass is 355 g/mol. The van der Waals surface area contributed by atoms with Gasteiger partial charge in [0.2, 0.25) is 0 Å². The predicted molar refractivity (Wildman–Crippen MR) is 110 cm³/mol. The Morgan fingerprint density at radius 2 is 1.85 bits per heavy atom. The molecule has 1 aliphatic carbocycles. The highest BCUT2D eigenvalue weighted by Crippen LogP contribution is 2.25. The Hall–Kier alpha value is -1.94. The maximum Gasteiger partial charge on any atom is 0.104 e. The molecule has 1 fully saturated rings. The van der Waals surface area contributed by atoms with E-state index < -0.39 is 0 Å². The second kappa shape index (κ2) is 10.9. The van der Waals surface area contributed by atoms with E-state index in [1.165, 1.54) is 5.56 Å². The Morgan fingerprint density at radius 1 is 1.12 bits per heavy atom. The molecule has 142 valence electrons. The number of hydrogen-bond donors (Lipinski definition) is 1. The Bertz CT molecular complexity index is 587. The fourth-order valence-corrected chi connectivity index (χ4v) is 3.60. The zero-order valence-corrected chi connectivity index (χ0v) is 16.3.